The van der Waals surface area contributed by atoms with E-state index in [9.17, 15) is 9.59 Å². The number of amides is 2. The molecule has 0 atom stereocenters. The van der Waals surface area contributed by atoms with E-state index in [-0.39, 0.29) is 5.56 Å². The summed E-state index contributed by atoms with van der Waals surface area (Å²) in [4.78, 5) is 28.0. The average Bonchev–Trinajstić information content (AvgIpc) is 2.68. The molecule has 0 bridgehead atoms. The van der Waals surface area contributed by atoms with Gasteiger partial charge in [-0.1, -0.05) is 6.07 Å². The minimum Gasteiger partial charge on any atom is -0.493 e. The van der Waals surface area contributed by atoms with Gasteiger partial charge < -0.3 is 26.3 Å². The van der Waals surface area contributed by atoms with Crippen LogP contribution in [0.25, 0.3) is 10.9 Å². The van der Waals surface area contributed by atoms with Gasteiger partial charge in [0.05, 0.1) is 31.0 Å². The number of hydrogen-bond acceptors (Lipinski definition) is 6. The van der Waals surface area contributed by atoms with Gasteiger partial charge in [-0.2, -0.15) is 0 Å². The van der Waals surface area contributed by atoms with E-state index < -0.39 is 11.8 Å². The SMILES string of the molecule is COc1cc2ncc(C(N)=O)c(Nc3cccc(C(N)=O)c3C)c2cc1OC. The van der Waals surface area contributed by atoms with Crippen molar-refractivity contribution in [2.45, 2.75) is 6.92 Å². The Labute approximate surface area is 161 Å². The molecule has 2 amide bonds. The van der Waals surface area contributed by atoms with Crippen molar-refractivity contribution in [1.29, 1.82) is 0 Å². The Bertz CT molecular complexity index is 1100. The van der Waals surface area contributed by atoms with Crippen LogP contribution >= 0.6 is 0 Å². The Morgan fingerprint density at radius 1 is 1.00 bits per heavy atom. The molecule has 0 saturated heterocycles. The highest BCUT2D eigenvalue weighted by Crippen LogP contribution is 2.37. The predicted molar refractivity (Wildman–Crippen MR) is 106 cm³/mol. The number of nitrogens with zero attached hydrogens (tertiary/aromatic N) is 1. The van der Waals surface area contributed by atoms with Crippen LogP contribution in [0.4, 0.5) is 11.4 Å². The Morgan fingerprint density at radius 2 is 1.64 bits per heavy atom. The van der Waals surface area contributed by atoms with E-state index in [1.54, 1.807) is 37.3 Å². The van der Waals surface area contributed by atoms with E-state index in [4.69, 9.17) is 20.9 Å². The van der Waals surface area contributed by atoms with Crippen LogP contribution < -0.4 is 26.3 Å². The normalized spacial score (nSPS) is 10.5. The minimum absolute atomic E-state index is 0.198. The van der Waals surface area contributed by atoms with Crippen molar-refractivity contribution in [3.05, 3.63) is 53.2 Å². The number of anilines is 2. The average molecular weight is 380 g/mol. The fourth-order valence-electron chi connectivity index (χ4n) is 3.01. The highest BCUT2D eigenvalue weighted by atomic mass is 16.5. The van der Waals surface area contributed by atoms with E-state index in [0.717, 1.165) is 0 Å². The molecule has 8 nitrogen and oxygen atoms in total. The number of methoxy groups -OCH3 is 2. The summed E-state index contributed by atoms with van der Waals surface area (Å²) in [6, 6.07) is 8.53. The first-order valence-corrected chi connectivity index (χ1v) is 8.38. The zero-order valence-electron chi connectivity index (χ0n) is 15.7. The van der Waals surface area contributed by atoms with Crippen LogP contribution in [0.2, 0.25) is 0 Å². The molecule has 0 aliphatic heterocycles. The zero-order valence-corrected chi connectivity index (χ0v) is 15.7. The van der Waals surface area contributed by atoms with Crippen LogP contribution in [-0.2, 0) is 0 Å². The third-order valence-electron chi connectivity index (χ3n) is 4.50. The molecule has 0 radical (unpaired) electrons. The number of benzene rings is 2. The molecule has 0 aliphatic rings. The largest absolute Gasteiger partial charge is 0.493 e. The number of rotatable bonds is 6. The number of nitrogens with two attached hydrogens (primary N) is 2. The van der Waals surface area contributed by atoms with E-state index >= 15 is 0 Å². The lowest BCUT2D eigenvalue weighted by Crippen LogP contribution is -2.16. The number of nitrogens with one attached hydrogen (secondary N) is 1. The third-order valence-corrected chi connectivity index (χ3v) is 4.50. The second-order valence-corrected chi connectivity index (χ2v) is 6.10. The summed E-state index contributed by atoms with van der Waals surface area (Å²) < 4.78 is 10.7. The van der Waals surface area contributed by atoms with Crippen LogP contribution in [0.5, 0.6) is 11.5 Å². The molecule has 3 rings (SSSR count). The van der Waals surface area contributed by atoms with Gasteiger partial charge in [0.1, 0.15) is 0 Å². The van der Waals surface area contributed by atoms with Crippen molar-refractivity contribution in [1.82, 2.24) is 4.98 Å². The molecule has 0 fully saturated rings. The molecule has 5 N–H and O–H groups in total. The molecule has 8 heteroatoms. The number of hydrogen-bond donors (Lipinski definition) is 3. The Kier molecular flexibility index (Phi) is 5.04. The molecule has 0 saturated carbocycles. The number of carbonyl (C=O) groups excluding carboxylic acids is 2. The molecule has 28 heavy (non-hydrogen) atoms. The van der Waals surface area contributed by atoms with E-state index in [2.05, 4.69) is 10.3 Å². The summed E-state index contributed by atoms with van der Waals surface area (Å²) in [5.74, 6) is -0.200. The third kappa shape index (κ3) is 3.27. The number of pyridine rings is 1. The minimum atomic E-state index is -0.643. The smallest absolute Gasteiger partial charge is 0.252 e. The van der Waals surface area contributed by atoms with Gasteiger partial charge in [0.2, 0.25) is 5.91 Å². The van der Waals surface area contributed by atoms with Crippen LogP contribution in [0.3, 0.4) is 0 Å². The molecular formula is C20H20N4O4. The molecule has 2 aromatic carbocycles. The van der Waals surface area contributed by atoms with Gasteiger partial charge in [0.25, 0.3) is 5.91 Å². The maximum atomic E-state index is 12.0. The molecule has 0 unspecified atom stereocenters. The molecule has 1 aromatic heterocycles. The monoisotopic (exact) mass is 380 g/mol. The Morgan fingerprint density at radius 3 is 2.25 bits per heavy atom. The van der Waals surface area contributed by atoms with Crippen molar-refractivity contribution >= 4 is 34.1 Å². The Balaban J connectivity index is 2.26. The maximum absolute atomic E-state index is 12.0. The number of fused-ring (bicyclic) bond motifs is 1. The van der Waals surface area contributed by atoms with Gasteiger partial charge in [-0.15, -0.1) is 0 Å². The first-order valence-electron chi connectivity index (χ1n) is 8.38. The van der Waals surface area contributed by atoms with Gasteiger partial charge in [-0.05, 0) is 30.7 Å². The fraction of sp³-hybridized carbons (Fsp3) is 0.150. The zero-order chi connectivity index (χ0) is 20.4. The number of carbonyl (C=O) groups is 2. The van der Waals surface area contributed by atoms with E-state index in [0.29, 0.717) is 44.9 Å². The number of primary amides is 2. The molecule has 144 valence electrons. The predicted octanol–water partition coefficient (Wildman–Crippen LogP) is 2.50. The standard InChI is InChI=1S/C20H20N4O4/c1-10-11(19(21)25)5-4-6-14(10)24-18-12-7-16(27-2)17(28-3)8-15(12)23-9-13(18)20(22)26/h4-9H,1-3H3,(H2,21,25)(H2,22,26)(H,23,24). The van der Waals surface area contributed by atoms with Crippen LogP contribution in [0, 0.1) is 6.92 Å². The highest BCUT2D eigenvalue weighted by Gasteiger charge is 2.18. The highest BCUT2D eigenvalue weighted by molar-refractivity contribution is 6.08. The second-order valence-electron chi connectivity index (χ2n) is 6.10. The summed E-state index contributed by atoms with van der Waals surface area (Å²) in [7, 11) is 3.04. The maximum Gasteiger partial charge on any atom is 0.252 e. The van der Waals surface area contributed by atoms with Gasteiger partial charge >= 0.3 is 0 Å². The molecule has 0 spiro atoms. The summed E-state index contributed by atoms with van der Waals surface area (Å²) in [6.07, 6.45) is 1.40. The lowest BCUT2D eigenvalue weighted by Gasteiger charge is -2.17. The summed E-state index contributed by atoms with van der Waals surface area (Å²) in [5, 5.41) is 3.81. The van der Waals surface area contributed by atoms with Crippen LogP contribution in [0.1, 0.15) is 26.3 Å². The quantitative estimate of drug-likeness (QED) is 0.602. The molecular weight excluding hydrogens is 360 g/mol. The van der Waals surface area contributed by atoms with Crippen LogP contribution in [-0.4, -0.2) is 31.0 Å². The molecule has 0 aliphatic carbocycles. The lowest BCUT2D eigenvalue weighted by molar-refractivity contribution is 0.0991. The van der Waals surface area contributed by atoms with Gasteiger partial charge in [0, 0.05) is 28.9 Å². The van der Waals surface area contributed by atoms with Crippen molar-refractivity contribution in [2.75, 3.05) is 19.5 Å². The van der Waals surface area contributed by atoms with Crippen molar-refractivity contribution < 1.29 is 19.1 Å². The number of ether oxygens (including phenoxy) is 2. The van der Waals surface area contributed by atoms with Crippen molar-refractivity contribution in [3.8, 4) is 11.5 Å². The summed E-state index contributed by atoms with van der Waals surface area (Å²) in [5.41, 5.74) is 13.8. The van der Waals surface area contributed by atoms with E-state index in [1.165, 1.54) is 20.4 Å². The topological polar surface area (TPSA) is 130 Å². The van der Waals surface area contributed by atoms with Gasteiger partial charge in [-0.25, -0.2) is 0 Å². The summed E-state index contributed by atoms with van der Waals surface area (Å²) in [6.45, 7) is 1.76. The van der Waals surface area contributed by atoms with Gasteiger partial charge in [-0.3, -0.25) is 14.6 Å². The number of aromatic nitrogens is 1. The summed E-state index contributed by atoms with van der Waals surface area (Å²) >= 11 is 0. The Hall–Kier alpha value is -3.81. The van der Waals surface area contributed by atoms with Gasteiger partial charge in [0.15, 0.2) is 11.5 Å². The van der Waals surface area contributed by atoms with Crippen molar-refractivity contribution in [2.24, 2.45) is 11.5 Å². The fourth-order valence-corrected chi connectivity index (χ4v) is 3.01. The second kappa shape index (κ2) is 7.43. The lowest BCUT2D eigenvalue weighted by atomic mass is 10.0. The first-order chi connectivity index (χ1) is 13.4. The first kappa shape index (κ1) is 19.0. The van der Waals surface area contributed by atoms with Crippen molar-refractivity contribution in [3.63, 3.8) is 0 Å². The molecule has 3 aromatic rings. The van der Waals surface area contributed by atoms with E-state index in [1.807, 2.05) is 0 Å². The molecule has 1 heterocycles. The van der Waals surface area contributed by atoms with Crippen LogP contribution in [0.15, 0.2) is 36.5 Å².